The molecule has 180 valence electrons. The van der Waals surface area contributed by atoms with Gasteiger partial charge in [-0.05, 0) is 19.5 Å². The summed E-state index contributed by atoms with van der Waals surface area (Å²) in [6.45, 7) is 2.48. The lowest BCUT2D eigenvalue weighted by molar-refractivity contribution is -0.145. The second kappa shape index (κ2) is 11.8. The molecule has 3 N–H and O–H groups in total. The second-order valence-corrected chi connectivity index (χ2v) is 9.57. The van der Waals surface area contributed by atoms with E-state index in [1.165, 1.54) is 4.90 Å². The van der Waals surface area contributed by atoms with Gasteiger partial charge in [0, 0.05) is 19.3 Å². The van der Waals surface area contributed by atoms with E-state index in [1.54, 1.807) is 44.3 Å². The van der Waals surface area contributed by atoms with Gasteiger partial charge in [-0.1, -0.05) is 30.3 Å². The van der Waals surface area contributed by atoms with Crippen LogP contribution in [-0.4, -0.2) is 72.1 Å². The number of benzene rings is 1. The third-order valence-electron chi connectivity index (χ3n) is 4.33. The predicted octanol–water partition coefficient (Wildman–Crippen LogP) is 0.251. The van der Waals surface area contributed by atoms with Gasteiger partial charge in [0.2, 0.25) is 5.91 Å². The Kier molecular flexibility index (Phi) is 9.38. The number of hydrogen-bond acceptors (Lipinski definition) is 10. The normalized spacial score (nSPS) is 18.5. The molecule has 2 rings (SSSR count). The average molecular weight is 482 g/mol. The van der Waals surface area contributed by atoms with Crippen LogP contribution in [0.25, 0.3) is 0 Å². The average Bonchev–Trinajstić information content (AvgIpc) is 2.65. The molecule has 0 radical (unpaired) electrons. The molecule has 0 aromatic heterocycles. The molecule has 1 aliphatic rings. The number of rotatable bonds is 7. The molecule has 1 saturated heterocycles. The van der Waals surface area contributed by atoms with Crippen LogP contribution in [0, 0.1) is 0 Å². The smallest absolute Gasteiger partial charge is 0.498 e. The van der Waals surface area contributed by atoms with Crippen molar-refractivity contribution < 1.29 is 37.4 Å². The van der Waals surface area contributed by atoms with Gasteiger partial charge >= 0.3 is 25.2 Å². The third kappa shape index (κ3) is 9.20. The first-order valence-corrected chi connectivity index (χ1v) is 11.8. The molecule has 0 aliphatic carbocycles. The first-order chi connectivity index (χ1) is 15.5. The molecule has 12 nitrogen and oxygen atoms in total. The van der Waals surface area contributed by atoms with Crippen LogP contribution in [0.1, 0.15) is 25.5 Å². The minimum Gasteiger partial charge on any atom is -0.498 e. The van der Waals surface area contributed by atoms with Gasteiger partial charge < -0.3 is 19.8 Å². The highest BCUT2D eigenvalue weighted by Gasteiger charge is 2.34. The van der Waals surface area contributed by atoms with E-state index in [1.807, 2.05) is 0 Å². The van der Waals surface area contributed by atoms with E-state index in [2.05, 4.69) is 9.08 Å². The lowest BCUT2D eigenvalue weighted by Gasteiger charge is -2.24. The monoisotopic (exact) mass is 482 g/mol. The van der Waals surface area contributed by atoms with Crippen molar-refractivity contribution in [1.82, 2.24) is 9.62 Å². The van der Waals surface area contributed by atoms with Crippen molar-refractivity contribution in [2.45, 2.75) is 32.3 Å². The van der Waals surface area contributed by atoms with E-state index in [0.29, 0.717) is 5.56 Å². The first kappa shape index (κ1) is 26.3. The lowest BCUT2D eigenvalue weighted by atomic mass is 9.80. The molecule has 3 atom stereocenters. The van der Waals surface area contributed by atoms with Crippen LogP contribution < -0.4 is 10.5 Å². The Morgan fingerprint density at radius 3 is 2.36 bits per heavy atom. The van der Waals surface area contributed by atoms with Gasteiger partial charge in [-0.3, -0.25) is 24.0 Å². The van der Waals surface area contributed by atoms with Crippen LogP contribution in [0.3, 0.4) is 0 Å². The molecule has 14 heteroatoms. The summed E-state index contributed by atoms with van der Waals surface area (Å²) in [5.41, 5.74) is 6.70. The molecule has 0 bridgehead atoms. The fraction of sp³-hybridized carbons (Fsp3) is 0.474. The van der Waals surface area contributed by atoms with Crippen molar-refractivity contribution in [2.75, 3.05) is 25.9 Å². The van der Waals surface area contributed by atoms with Crippen LogP contribution >= 0.6 is 0 Å². The molecule has 33 heavy (non-hydrogen) atoms. The summed E-state index contributed by atoms with van der Waals surface area (Å²) in [6.07, 6.45) is -2.05. The Morgan fingerprint density at radius 2 is 1.82 bits per heavy atom. The zero-order valence-electron chi connectivity index (χ0n) is 18.6. The molecule has 1 aromatic rings. The maximum atomic E-state index is 13.2. The highest BCUT2D eigenvalue weighted by atomic mass is 32.2. The zero-order valence-corrected chi connectivity index (χ0v) is 19.4. The summed E-state index contributed by atoms with van der Waals surface area (Å²) in [6, 6.07) is 7.81. The zero-order chi connectivity index (χ0) is 24.6. The summed E-state index contributed by atoms with van der Waals surface area (Å²) < 4.78 is 34.2. The van der Waals surface area contributed by atoms with Crippen LogP contribution in [0.2, 0.25) is 6.32 Å². The largest absolute Gasteiger partial charge is 0.600 e. The molecule has 1 aromatic carbocycles. The van der Waals surface area contributed by atoms with Crippen molar-refractivity contribution >= 4 is 41.0 Å². The number of carbonyl (C=O) groups is 4. The maximum Gasteiger partial charge on any atom is 0.600 e. The van der Waals surface area contributed by atoms with Crippen molar-refractivity contribution in [3.63, 3.8) is 0 Å². The van der Waals surface area contributed by atoms with Gasteiger partial charge in [-0.15, -0.1) is 4.36 Å². The Bertz CT molecular complexity index is 979. The van der Waals surface area contributed by atoms with E-state index in [0.717, 1.165) is 6.92 Å². The molecular weight excluding hydrogens is 455 g/mol. The number of hydrogen-bond donors (Lipinski definition) is 2. The number of likely N-dealkylation sites (N-methyl/N-ethyl adjacent to an activating group) is 1. The summed E-state index contributed by atoms with van der Waals surface area (Å²) in [5.74, 6) is -2.44. The minimum absolute atomic E-state index is 0.121. The third-order valence-corrected chi connectivity index (χ3v) is 6.26. The molecule has 1 heterocycles. The van der Waals surface area contributed by atoms with Gasteiger partial charge in [-0.25, -0.2) is 9.00 Å². The lowest BCUT2D eigenvalue weighted by Crippen LogP contribution is -2.46. The summed E-state index contributed by atoms with van der Waals surface area (Å²) in [4.78, 5) is 49.0. The number of nitrogens with one attached hydrogen (secondary N) is 1. The highest BCUT2D eigenvalue weighted by Crippen LogP contribution is 2.17. The second-order valence-electron chi connectivity index (χ2n) is 7.57. The van der Waals surface area contributed by atoms with Gasteiger partial charge in [-0.2, -0.15) is 0 Å². The highest BCUT2D eigenvalue weighted by molar-refractivity contribution is 7.92. The Balaban J connectivity index is 2.10. The number of carbonyl (C=O) groups excluding carboxylic acids is 4. The van der Waals surface area contributed by atoms with Crippen LogP contribution in [0.5, 0.6) is 0 Å². The summed E-state index contributed by atoms with van der Waals surface area (Å²) in [5, 5.41) is 0. The first-order valence-electron chi connectivity index (χ1n) is 10.1. The Morgan fingerprint density at radius 1 is 1.24 bits per heavy atom. The van der Waals surface area contributed by atoms with Gasteiger partial charge in [0.25, 0.3) is 0 Å². The molecule has 1 unspecified atom stereocenters. The number of ether oxygens (including phenoxy) is 1. The molecule has 2 amide bonds. The summed E-state index contributed by atoms with van der Waals surface area (Å²) >= 11 is 0. The SMILES string of the molecule is CC(=O)NS(=O)(C[C@@H](N)CB1OC(=O)CN(C)CC(=O)O1)=NC(=O)O[C@@H](C)c1ccccc1. The molecule has 1 fully saturated rings. The van der Waals surface area contributed by atoms with Crippen molar-refractivity contribution in [2.24, 2.45) is 10.1 Å². The standard InChI is InChI=1S/C19H27BN4O8S/c1-13(15-7-5-4-6-8-15)30-19(28)23-33(29,22-14(2)25)12-16(21)9-20-31-17(26)10-24(3)11-18(27)32-20/h4-8,13,16H,9-12,21H2,1-3H3,(H,22,23,25,28,29)/t13-,16-,33?/m0/s1. The van der Waals surface area contributed by atoms with E-state index in [4.69, 9.17) is 19.8 Å². The number of amides is 2. The van der Waals surface area contributed by atoms with Crippen LogP contribution in [0.15, 0.2) is 34.7 Å². The van der Waals surface area contributed by atoms with E-state index in [9.17, 15) is 23.4 Å². The number of nitrogens with zero attached hydrogens (tertiary/aromatic N) is 2. The molecule has 0 saturated carbocycles. The fourth-order valence-corrected chi connectivity index (χ4v) is 4.65. The minimum atomic E-state index is -3.68. The van der Waals surface area contributed by atoms with Crippen LogP contribution in [-0.2, 0) is 38.3 Å². The number of nitrogens with two attached hydrogens (primary N) is 1. The Hall–Kier alpha value is -2.97. The van der Waals surface area contributed by atoms with Crippen molar-refractivity contribution in [1.29, 1.82) is 0 Å². The van der Waals surface area contributed by atoms with Gasteiger partial charge in [0.15, 0.2) is 0 Å². The van der Waals surface area contributed by atoms with Gasteiger partial charge in [0.05, 0.1) is 18.8 Å². The molecule has 1 aliphatic heterocycles. The topological polar surface area (TPSA) is 167 Å². The van der Waals surface area contributed by atoms with Gasteiger partial charge in [0.1, 0.15) is 16.0 Å². The molecular formula is C19H27BN4O8S. The van der Waals surface area contributed by atoms with E-state index in [-0.39, 0.29) is 19.4 Å². The molecule has 0 spiro atoms. The Labute approximate surface area is 192 Å². The predicted molar refractivity (Wildman–Crippen MR) is 119 cm³/mol. The van der Waals surface area contributed by atoms with Crippen LogP contribution in [0.4, 0.5) is 4.79 Å². The van der Waals surface area contributed by atoms with Crippen molar-refractivity contribution in [3.8, 4) is 0 Å². The maximum absolute atomic E-state index is 13.2. The van der Waals surface area contributed by atoms with Crippen molar-refractivity contribution in [3.05, 3.63) is 35.9 Å². The van der Waals surface area contributed by atoms with E-state index < -0.39 is 58.9 Å². The fourth-order valence-electron chi connectivity index (χ4n) is 3.00. The quantitative estimate of drug-likeness (QED) is 0.514. The van der Waals surface area contributed by atoms with E-state index >= 15 is 0 Å². The summed E-state index contributed by atoms with van der Waals surface area (Å²) in [7, 11) is -3.43.